The monoisotopic (exact) mass is 727 g/mol. The molecule has 282 valence electrons. The van der Waals surface area contributed by atoms with Crippen LogP contribution in [0.15, 0.2) is 83.9 Å². The van der Waals surface area contributed by atoms with E-state index in [4.69, 9.17) is 35.5 Å². The lowest BCUT2D eigenvalue weighted by Gasteiger charge is -2.36. The van der Waals surface area contributed by atoms with Crippen molar-refractivity contribution in [2.45, 2.75) is 63.1 Å². The first-order valence-electron chi connectivity index (χ1n) is 17.6. The van der Waals surface area contributed by atoms with Crippen LogP contribution >= 0.6 is 0 Å². The fourth-order valence-corrected chi connectivity index (χ4v) is 5.52. The number of hydrogen-bond donors (Lipinski definition) is 3. The molecule has 53 heavy (non-hydrogen) atoms. The summed E-state index contributed by atoms with van der Waals surface area (Å²) < 4.78 is 27.4. The van der Waals surface area contributed by atoms with E-state index in [-0.39, 0.29) is 38.7 Å². The molecule has 0 bridgehead atoms. The van der Waals surface area contributed by atoms with Gasteiger partial charge in [0.15, 0.2) is 6.61 Å². The average Bonchev–Trinajstić information content (AvgIpc) is 3.18. The standard InChI is InChI=1S/C40H49N5O8/c1-42-27-29-52-39(48)45-37(44-38(47)51-28-13-25-41)43-26-12-7-5-4-6-11-16-34(46)30-53-40(31-14-9-8-10-15-31,32-17-21-35(49-2)22-18-32)33-19-23-36(50-3)24-20-33/h8-10,14-15,17-24,34,46H,4-7,11-13,16,26-30H2,2-3H3,(H2,43,44,45,47,48). The molecule has 0 aromatic heterocycles. The second-order valence-electron chi connectivity index (χ2n) is 11.9. The van der Waals surface area contributed by atoms with Crippen LogP contribution in [0.3, 0.4) is 0 Å². The van der Waals surface area contributed by atoms with Gasteiger partial charge in [0.2, 0.25) is 12.5 Å². The molecule has 3 N–H and O–H groups in total. The minimum absolute atomic E-state index is 0.0143. The van der Waals surface area contributed by atoms with Gasteiger partial charge in [-0.1, -0.05) is 86.7 Å². The fourth-order valence-electron chi connectivity index (χ4n) is 5.52. The van der Waals surface area contributed by atoms with E-state index < -0.39 is 23.9 Å². The second kappa shape index (κ2) is 23.8. The zero-order valence-corrected chi connectivity index (χ0v) is 30.4. The van der Waals surface area contributed by atoms with Gasteiger partial charge >= 0.3 is 12.2 Å². The van der Waals surface area contributed by atoms with Crippen LogP contribution in [-0.2, 0) is 19.8 Å². The largest absolute Gasteiger partial charge is 0.497 e. The summed E-state index contributed by atoms with van der Waals surface area (Å²) in [4.78, 5) is 31.3. The second-order valence-corrected chi connectivity index (χ2v) is 11.9. The highest BCUT2D eigenvalue weighted by Gasteiger charge is 2.38. The molecule has 13 heteroatoms. The zero-order valence-electron chi connectivity index (χ0n) is 30.4. The summed E-state index contributed by atoms with van der Waals surface area (Å²) in [6, 6.07) is 27.4. The third-order valence-electron chi connectivity index (χ3n) is 8.21. The minimum atomic E-state index is -0.995. The number of aliphatic imine (C=N–C) groups is 1. The molecule has 0 aliphatic heterocycles. The van der Waals surface area contributed by atoms with Crippen molar-refractivity contribution in [3.63, 3.8) is 0 Å². The Bertz CT molecular complexity index is 1550. The van der Waals surface area contributed by atoms with Gasteiger partial charge in [-0.3, -0.25) is 15.6 Å². The summed E-state index contributed by atoms with van der Waals surface area (Å²) in [5.74, 6) is 1.33. The van der Waals surface area contributed by atoms with Crippen LogP contribution in [0.2, 0.25) is 0 Å². The third-order valence-corrected chi connectivity index (χ3v) is 8.21. The molecule has 2 amide bonds. The number of nitrogens with zero attached hydrogens (tertiary/aromatic N) is 3. The first kappa shape index (κ1) is 41.8. The predicted octanol–water partition coefficient (Wildman–Crippen LogP) is 6.75. The van der Waals surface area contributed by atoms with Crippen molar-refractivity contribution >= 4 is 18.1 Å². The van der Waals surface area contributed by atoms with Gasteiger partial charge in [0.1, 0.15) is 23.7 Å². The van der Waals surface area contributed by atoms with Crippen LogP contribution in [0.1, 0.15) is 68.1 Å². The summed E-state index contributed by atoms with van der Waals surface area (Å²) in [7, 11) is 3.26. The lowest BCUT2D eigenvalue weighted by molar-refractivity contribution is -0.0406. The van der Waals surface area contributed by atoms with E-state index in [9.17, 15) is 14.7 Å². The lowest BCUT2D eigenvalue weighted by Crippen LogP contribution is -2.44. The molecule has 1 unspecified atom stereocenters. The van der Waals surface area contributed by atoms with Crippen molar-refractivity contribution in [3.05, 3.63) is 107 Å². The van der Waals surface area contributed by atoms with Crippen molar-refractivity contribution in [2.75, 3.05) is 47.1 Å². The molecule has 3 aromatic rings. The van der Waals surface area contributed by atoms with Crippen LogP contribution < -0.4 is 20.1 Å². The molecule has 0 saturated carbocycles. The lowest BCUT2D eigenvalue weighted by atomic mass is 9.80. The molecule has 0 aliphatic carbocycles. The topological polar surface area (TPSA) is 165 Å². The smallest absolute Gasteiger partial charge is 0.414 e. The number of benzene rings is 3. The number of amides is 2. The van der Waals surface area contributed by atoms with E-state index in [0.29, 0.717) is 19.4 Å². The summed E-state index contributed by atoms with van der Waals surface area (Å²) in [5, 5.41) is 24.4. The number of hydrogen-bond acceptors (Lipinski definition) is 10. The zero-order chi connectivity index (χ0) is 38.2. The number of alkyl carbamates (subject to hydrolysis) is 2. The van der Waals surface area contributed by atoms with Gasteiger partial charge < -0.3 is 33.6 Å². The summed E-state index contributed by atoms with van der Waals surface area (Å²) in [6.07, 6.45) is 3.45. The Morgan fingerprint density at radius 2 is 1.34 bits per heavy atom. The van der Waals surface area contributed by atoms with Crippen LogP contribution in [0.25, 0.3) is 4.85 Å². The molecule has 3 rings (SSSR count). The number of carbonyl (C=O) groups is 2. The summed E-state index contributed by atoms with van der Waals surface area (Å²) >= 11 is 0. The van der Waals surface area contributed by atoms with Crippen LogP contribution in [-0.4, -0.2) is 76.5 Å². The molecular weight excluding hydrogens is 678 g/mol. The van der Waals surface area contributed by atoms with Gasteiger partial charge in [-0.05, 0) is 53.8 Å². The maximum atomic E-state index is 12.0. The maximum Gasteiger partial charge on any atom is 0.414 e. The minimum Gasteiger partial charge on any atom is -0.497 e. The summed E-state index contributed by atoms with van der Waals surface area (Å²) in [5.41, 5.74) is 1.73. The molecule has 0 fully saturated rings. The Hall–Kier alpha value is -5.63. The first-order valence-corrected chi connectivity index (χ1v) is 17.6. The molecule has 3 aromatic carbocycles. The van der Waals surface area contributed by atoms with E-state index in [0.717, 1.165) is 60.3 Å². The fraction of sp³-hybridized carbons (Fsp3) is 0.425. The van der Waals surface area contributed by atoms with Gasteiger partial charge in [-0.25, -0.2) is 16.2 Å². The van der Waals surface area contributed by atoms with Crippen molar-refractivity contribution < 1.29 is 38.4 Å². The Kier molecular flexibility index (Phi) is 18.7. The highest BCUT2D eigenvalue weighted by molar-refractivity contribution is 6.01. The third kappa shape index (κ3) is 14.1. The van der Waals surface area contributed by atoms with Crippen molar-refractivity contribution in [3.8, 4) is 17.6 Å². The van der Waals surface area contributed by atoms with Crippen LogP contribution in [0.4, 0.5) is 9.59 Å². The maximum absolute atomic E-state index is 12.0. The van der Waals surface area contributed by atoms with Crippen molar-refractivity contribution in [1.82, 2.24) is 10.6 Å². The molecular formula is C40H49N5O8. The number of guanidine groups is 1. The Labute approximate surface area is 311 Å². The predicted molar refractivity (Wildman–Crippen MR) is 200 cm³/mol. The Morgan fingerprint density at radius 3 is 1.89 bits per heavy atom. The number of methoxy groups -OCH3 is 2. The Balaban J connectivity index is 1.52. The van der Waals surface area contributed by atoms with Gasteiger partial charge in [-0.2, -0.15) is 5.26 Å². The van der Waals surface area contributed by atoms with Crippen molar-refractivity contribution in [2.24, 2.45) is 4.99 Å². The highest BCUT2D eigenvalue weighted by atomic mass is 16.6. The number of nitriles is 1. The van der Waals surface area contributed by atoms with Crippen molar-refractivity contribution in [1.29, 1.82) is 5.26 Å². The number of nitrogens with one attached hydrogen (secondary N) is 2. The molecule has 1 atom stereocenters. The van der Waals surface area contributed by atoms with E-state index in [1.165, 1.54) is 0 Å². The van der Waals surface area contributed by atoms with Crippen LogP contribution in [0, 0.1) is 17.9 Å². The number of aliphatic hydroxyl groups excluding tert-OH is 1. The molecule has 0 heterocycles. The molecule has 0 aliphatic rings. The SMILES string of the molecule is [C-]#[N+]CCOC(=O)NC(=NCCCCCCCCC(O)COC(c1ccccc1)(c1ccc(OC)cc1)c1ccc(OC)cc1)NC(=O)OCCC#N. The molecule has 0 radical (unpaired) electrons. The number of aliphatic hydroxyl groups is 1. The normalized spacial score (nSPS) is 11.8. The Morgan fingerprint density at radius 1 is 0.811 bits per heavy atom. The van der Waals surface area contributed by atoms with E-state index >= 15 is 0 Å². The van der Waals surface area contributed by atoms with Crippen LogP contribution in [0.5, 0.6) is 11.5 Å². The van der Waals surface area contributed by atoms with E-state index in [1.807, 2.05) is 84.9 Å². The van der Waals surface area contributed by atoms with E-state index in [2.05, 4.69) is 20.5 Å². The average molecular weight is 728 g/mol. The molecule has 0 saturated heterocycles. The summed E-state index contributed by atoms with van der Waals surface area (Å²) in [6.45, 7) is 7.04. The highest BCUT2D eigenvalue weighted by Crippen LogP contribution is 2.41. The van der Waals surface area contributed by atoms with Gasteiger partial charge in [0.25, 0.3) is 0 Å². The van der Waals surface area contributed by atoms with Gasteiger partial charge in [-0.15, -0.1) is 0 Å². The number of ether oxygens (including phenoxy) is 5. The number of rotatable bonds is 21. The van der Waals surface area contributed by atoms with Gasteiger partial charge in [0.05, 0.1) is 39.4 Å². The molecule has 13 nitrogen and oxygen atoms in total. The molecule has 0 spiro atoms. The number of unbranched alkanes of at least 4 members (excludes halogenated alkanes) is 5. The quantitative estimate of drug-likeness (QED) is 0.0354. The van der Waals surface area contributed by atoms with Gasteiger partial charge in [0, 0.05) is 6.54 Å². The van der Waals surface area contributed by atoms with E-state index in [1.54, 1.807) is 14.2 Å². The number of carbonyl (C=O) groups excluding carboxylic acids is 2. The first-order chi connectivity index (χ1) is 25.9.